The predicted octanol–water partition coefficient (Wildman–Crippen LogP) is 5.22. The second-order valence-electron chi connectivity index (χ2n) is 7.64. The van der Waals surface area contributed by atoms with Gasteiger partial charge in [-0.15, -0.1) is 13.2 Å². The first-order valence-electron chi connectivity index (χ1n) is 9.92. The average Bonchev–Trinajstić information content (AvgIpc) is 2.62. The number of carboxylic acid groups (broad SMARTS) is 2. The quantitative estimate of drug-likeness (QED) is 0.370. The van der Waals surface area contributed by atoms with Crippen molar-refractivity contribution in [1.82, 2.24) is 0 Å². The molecular weight excluding hydrogens is 328 g/mol. The van der Waals surface area contributed by atoms with E-state index in [0.717, 1.165) is 64.2 Å². The van der Waals surface area contributed by atoms with Gasteiger partial charge < -0.3 is 10.2 Å². The topological polar surface area (TPSA) is 74.6 Å². The Bertz CT molecular complexity index is 525. The summed E-state index contributed by atoms with van der Waals surface area (Å²) in [6.45, 7) is 7.52. The van der Waals surface area contributed by atoms with Crippen LogP contribution in [0.2, 0.25) is 0 Å². The lowest BCUT2D eigenvalue weighted by Crippen LogP contribution is -2.49. The van der Waals surface area contributed by atoms with Gasteiger partial charge in [0.1, 0.15) is 0 Å². The molecule has 1 saturated carbocycles. The highest BCUT2D eigenvalue weighted by atomic mass is 16.4. The molecule has 0 radical (unpaired) electrons. The van der Waals surface area contributed by atoms with Gasteiger partial charge in [-0.05, 0) is 76.0 Å². The minimum absolute atomic E-state index is 0.100. The van der Waals surface area contributed by atoms with E-state index in [0.29, 0.717) is 0 Å². The van der Waals surface area contributed by atoms with Crippen LogP contribution in [0.3, 0.4) is 0 Å². The Balaban J connectivity index is 2.27. The van der Waals surface area contributed by atoms with Gasteiger partial charge in [-0.1, -0.05) is 23.3 Å². The zero-order valence-electron chi connectivity index (χ0n) is 15.7. The van der Waals surface area contributed by atoms with E-state index in [4.69, 9.17) is 0 Å². The molecule has 4 unspecified atom stereocenters. The Morgan fingerprint density at radius 2 is 1.19 bits per heavy atom. The molecule has 144 valence electrons. The van der Waals surface area contributed by atoms with Gasteiger partial charge in [-0.2, -0.15) is 0 Å². The normalized spacial score (nSPS) is 27.4. The van der Waals surface area contributed by atoms with Crippen LogP contribution in [0.5, 0.6) is 0 Å². The van der Waals surface area contributed by atoms with Gasteiger partial charge >= 0.3 is 11.9 Å². The van der Waals surface area contributed by atoms with Crippen molar-refractivity contribution < 1.29 is 19.8 Å². The summed E-state index contributed by atoms with van der Waals surface area (Å²) in [7, 11) is 0. The van der Waals surface area contributed by atoms with E-state index < -0.39 is 23.8 Å². The molecule has 3 aliphatic carbocycles. The van der Waals surface area contributed by atoms with Crippen LogP contribution in [-0.2, 0) is 9.59 Å². The largest absolute Gasteiger partial charge is 0.481 e. The standard InChI is InChI=1S/C22H32O4/c1-3-5-7-9-11-15-16(12-10-8-6-4-2)18-14-13-17(15)19(21(23)24)20(18)22(25)26/h3-4,17-20H,1-2,5-14H2,(H,23,24)(H,25,26). The first-order valence-corrected chi connectivity index (χ1v) is 9.92. The van der Waals surface area contributed by atoms with Crippen LogP contribution in [0.25, 0.3) is 0 Å². The van der Waals surface area contributed by atoms with Gasteiger partial charge in [-0.3, -0.25) is 9.59 Å². The number of aliphatic carboxylic acids is 2. The minimum Gasteiger partial charge on any atom is -0.481 e. The monoisotopic (exact) mass is 360 g/mol. The van der Waals surface area contributed by atoms with Crippen LogP contribution in [0.15, 0.2) is 36.5 Å². The lowest BCUT2D eigenvalue weighted by Gasteiger charge is -2.48. The summed E-state index contributed by atoms with van der Waals surface area (Å²) in [5.74, 6) is -3.62. The Morgan fingerprint density at radius 1 is 0.808 bits per heavy atom. The molecular formula is C22H32O4. The van der Waals surface area contributed by atoms with Crippen LogP contribution in [0.1, 0.15) is 64.2 Å². The first-order chi connectivity index (χ1) is 12.5. The molecule has 0 spiro atoms. The number of hydrogen-bond donors (Lipinski definition) is 2. The molecule has 26 heavy (non-hydrogen) atoms. The SMILES string of the molecule is C=CCCCCC1=C(CCCCC=C)C2CCC1C(C(=O)O)C2C(=O)O. The van der Waals surface area contributed by atoms with Gasteiger partial charge in [-0.25, -0.2) is 0 Å². The number of fused-ring (bicyclic) bond motifs is 2. The molecule has 0 aromatic carbocycles. The van der Waals surface area contributed by atoms with E-state index in [1.54, 1.807) is 0 Å². The Labute approximate surface area is 156 Å². The lowest BCUT2D eigenvalue weighted by atomic mass is 9.55. The summed E-state index contributed by atoms with van der Waals surface area (Å²) in [6.07, 6.45) is 13.3. The number of allylic oxidation sites excluding steroid dienone is 4. The maximum Gasteiger partial charge on any atom is 0.308 e. The molecule has 0 aliphatic heterocycles. The molecule has 1 fully saturated rings. The fraction of sp³-hybridized carbons (Fsp3) is 0.636. The number of hydrogen-bond acceptors (Lipinski definition) is 2. The molecule has 3 rings (SSSR count). The third kappa shape index (κ3) is 4.46. The van der Waals surface area contributed by atoms with Crippen molar-refractivity contribution in [2.24, 2.45) is 23.7 Å². The van der Waals surface area contributed by atoms with Crippen LogP contribution >= 0.6 is 0 Å². The number of rotatable bonds is 12. The van der Waals surface area contributed by atoms with E-state index in [2.05, 4.69) is 13.2 Å². The van der Waals surface area contributed by atoms with Crippen molar-refractivity contribution in [1.29, 1.82) is 0 Å². The van der Waals surface area contributed by atoms with Gasteiger partial charge in [0.2, 0.25) is 0 Å². The summed E-state index contributed by atoms with van der Waals surface area (Å²) in [6, 6.07) is 0. The van der Waals surface area contributed by atoms with Crippen molar-refractivity contribution in [3.05, 3.63) is 36.5 Å². The Morgan fingerprint density at radius 3 is 1.50 bits per heavy atom. The summed E-state index contributed by atoms with van der Waals surface area (Å²) >= 11 is 0. The highest BCUT2D eigenvalue weighted by Gasteiger charge is 2.53. The highest BCUT2D eigenvalue weighted by molar-refractivity contribution is 5.82. The zero-order valence-corrected chi connectivity index (χ0v) is 15.7. The van der Waals surface area contributed by atoms with Gasteiger partial charge in [0, 0.05) is 0 Å². The average molecular weight is 360 g/mol. The fourth-order valence-electron chi connectivity index (χ4n) is 5.03. The number of unbranched alkanes of at least 4 members (excludes halogenated alkanes) is 4. The molecule has 2 N–H and O–H groups in total. The maximum atomic E-state index is 11.9. The second-order valence-corrected chi connectivity index (χ2v) is 7.64. The summed E-state index contributed by atoms with van der Waals surface area (Å²) < 4.78 is 0. The van der Waals surface area contributed by atoms with Gasteiger partial charge in [0.05, 0.1) is 11.8 Å². The van der Waals surface area contributed by atoms with Crippen molar-refractivity contribution in [3.63, 3.8) is 0 Å². The zero-order chi connectivity index (χ0) is 19.1. The maximum absolute atomic E-state index is 11.9. The molecule has 0 saturated heterocycles. The molecule has 4 nitrogen and oxygen atoms in total. The molecule has 4 atom stereocenters. The summed E-state index contributed by atoms with van der Waals surface area (Å²) in [5.41, 5.74) is 2.54. The third-order valence-electron chi connectivity index (χ3n) is 6.13. The van der Waals surface area contributed by atoms with E-state index >= 15 is 0 Å². The van der Waals surface area contributed by atoms with Crippen LogP contribution in [-0.4, -0.2) is 22.2 Å². The number of carboxylic acids is 2. The van der Waals surface area contributed by atoms with Crippen molar-refractivity contribution >= 4 is 11.9 Å². The molecule has 3 aliphatic rings. The Hall–Kier alpha value is -1.84. The number of carbonyl (C=O) groups is 2. The van der Waals surface area contributed by atoms with Crippen LogP contribution < -0.4 is 0 Å². The van der Waals surface area contributed by atoms with E-state index in [1.807, 2.05) is 12.2 Å². The van der Waals surface area contributed by atoms with Crippen LogP contribution in [0.4, 0.5) is 0 Å². The molecule has 0 amide bonds. The summed E-state index contributed by atoms with van der Waals surface area (Å²) in [5, 5.41) is 19.5. The van der Waals surface area contributed by atoms with Gasteiger partial charge in [0.15, 0.2) is 0 Å². The molecule has 2 bridgehead atoms. The van der Waals surface area contributed by atoms with E-state index in [9.17, 15) is 19.8 Å². The van der Waals surface area contributed by atoms with Gasteiger partial charge in [0.25, 0.3) is 0 Å². The highest BCUT2D eigenvalue weighted by Crippen LogP contribution is 2.54. The molecule has 4 heteroatoms. The van der Waals surface area contributed by atoms with Crippen molar-refractivity contribution in [2.75, 3.05) is 0 Å². The van der Waals surface area contributed by atoms with Crippen molar-refractivity contribution in [3.8, 4) is 0 Å². The summed E-state index contributed by atoms with van der Waals surface area (Å²) in [4.78, 5) is 23.8. The van der Waals surface area contributed by atoms with E-state index in [1.165, 1.54) is 11.1 Å². The van der Waals surface area contributed by atoms with Crippen molar-refractivity contribution in [2.45, 2.75) is 64.2 Å². The smallest absolute Gasteiger partial charge is 0.308 e. The fourth-order valence-corrected chi connectivity index (χ4v) is 5.03. The van der Waals surface area contributed by atoms with Crippen LogP contribution in [0, 0.1) is 23.7 Å². The molecule has 0 aromatic rings. The minimum atomic E-state index is -0.943. The molecule has 0 heterocycles. The molecule has 0 aromatic heterocycles. The first kappa shape index (κ1) is 20.5. The predicted molar refractivity (Wildman–Crippen MR) is 103 cm³/mol. The second kappa shape index (κ2) is 9.75. The van der Waals surface area contributed by atoms with E-state index in [-0.39, 0.29) is 11.8 Å². The lowest BCUT2D eigenvalue weighted by molar-refractivity contribution is -0.161. The Kier molecular flexibility index (Phi) is 7.67. The third-order valence-corrected chi connectivity index (χ3v) is 6.13.